The highest BCUT2D eigenvalue weighted by molar-refractivity contribution is 5.86. The second kappa shape index (κ2) is 11.1. The lowest BCUT2D eigenvalue weighted by Gasteiger charge is -2.85. The van der Waals surface area contributed by atoms with Gasteiger partial charge in [0.2, 0.25) is 0 Å². The van der Waals surface area contributed by atoms with Gasteiger partial charge in [-0.1, -0.05) is 222 Å². The molecule has 0 amide bonds. The first kappa shape index (κ1) is 47.1. The maximum absolute atomic E-state index is 2.87. The van der Waals surface area contributed by atoms with Crippen molar-refractivity contribution in [3.63, 3.8) is 0 Å². The molecule has 0 N–H and O–H groups in total. The van der Waals surface area contributed by atoms with Gasteiger partial charge < -0.3 is 0 Å². The molecule has 0 unspecified atom stereocenters. The van der Waals surface area contributed by atoms with Crippen LogP contribution in [0.2, 0.25) is 0 Å². The first-order valence-electron chi connectivity index (χ1n) is 24.5. The van der Waals surface area contributed by atoms with Gasteiger partial charge in [-0.25, -0.2) is 0 Å². The molecule has 56 heavy (non-hydrogen) atoms. The van der Waals surface area contributed by atoms with Gasteiger partial charge in [0.15, 0.2) is 0 Å². The van der Waals surface area contributed by atoms with Crippen LogP contribution in [0.4, 0.5) is 0 Å². The fourth-order valence-corrected chi connectivity index (χ4v) is 20.6. The molecule has 8 fully saturated rings. The second-order valence-electron chi connectivity index (χ2n) is 29.0. The Bertz CT molecular complexity index is 1340. The van der Waals surface area contributed by atoms with E-state index < -0.39 is 0 Å². The zero-order valence-electron chi connectivity index (χ0n) is 44.6. The lowest BCUT2D eigenvalue weighted by molar-refractivity contribution is -0.398. The average molecular weight is 777 g/mol. The number of rotatable bonds is 16. The van der Waals surface area contributed by atoms with Crippen LogP contribution in [0.5, 0.6) is 0 Å². The molecule has 8 saturated carbocycles. The van der Waals surface area contributed by atoms with E-state index >= 15 is 0 Å². The zero-order valence-corrected chi connectivity index (χ0v) is 44.6. The predicted molar refractivity (Wildman–Crippen MR) is 248 cm³/mol. The van der Waals surface area contributed by atoms with E-state index in [0.717, 1.165) is 0 Å². The van der Waals surface area contributed by atoms with Gasteiger partial charge in [-0.05, 0) is 134 Å². The van der Waals surface area contributed by atoms with Crippen molar-refractivity contribution >= 4 is 0 Å². The van der Waals surface area contributed by atoms with E-state index in [0.29, 0.717) is 47.3 Å². The van der Waals surface area contributed by atoms with E-state index in [2.05, 4.69) is 222 Å². The molecule has 0 aromatic rings. The Kier molecular flexibility index (Phi) is 9.36. The van der Waals surface area contributed by atoms with Crippen molar-refractivity contribution in [3.8, 4) is 0 Å². The molecule has 0 atom stereocenters. The Hall–Kier alpha value is 0. The van der Waals surface area contributed by atoms with Gasteiger partial charge in [0.25, 0.3) is 0 Å². The second-order valence-corrected chi connectivity index (χ2v) is 29.0. The normalized spacial score (nSPS) is 39.9. The standard InChI is InChI=1S/C56H104/c1-33(2)41(17,18)49-50(42(19,20)34(3)4)53(49,45(25,26)37(9)10)55(47(29,30)39(13)14)51(43(21,22)35(5)6)52(55,44(23,24)36(7)8)56(51,48(31,32)40(15)16)54(49,50)46(27,28)38(11)12/h33-40H,1-32H3. The van der Waals surface area contributed by atoms with Crippen LogP contribution in [0, 0.1) is 134 Å². The van der Waals surface area contributed by atoms with Crippen molar-refractivity contribution in [2.75, 3.05) is 0 Å². The van der Waals surface area contributed by atoms with Crippen molar-refractivity contribution in [3.05, 3.63) is 0 Å². The quantitative estimate of drug-likeness (QED) is 0.146. The number of hydrogen-bond acceptors (Lipinski definition) is 0. The maximum atomic E-state index is 2.87. The van der Waals surface area contributed by atoms with Gasteiger partial charge in [0, 0.05) is 0 Å². The van der Waals surface area contributed by atoms with Crippen LogP contribution < -0.4 is 0 Å². The monoisotopic (exact) mass is 777 g/mol. The van der Waals surface area contributed by atoms with Crippen LogP contribution in [0.25, 0.3) is 0 Å². The molecule has 0 spiro atoms. The van der Waals surface area contributed by atoms with Crippen LogP contribution >= 0.6 is 0 Å². The van der Waals surface area contributed by atoms with Crippen LogP contribution in [-0.2, 0) is 0 Å². The first-order chi connectivity index (χ1) is 24.5. The minimum atomic E-state index is 0.0930. The third kappa shape index (κ3) is 3.13. The van der Waals surface area contributed by atoms with Crippen molar-refractivity contribution in [2.24, 2.45) is 134 Å². The van der Waals surface area contributed by atoms with Crippen LogP contribution in [0.1, 0.15) is 222 Å². The van der Waals surface area contributed by atoms with Gasteiger partial charge >= 0.3 is 0 Å². The molecule has 0 aromatic heterocycles. The van der Waals surface area contributed by atoms with E-state index in [9.17, 15) is 0 Å². The summed E-state index contributed by atoms with van der Waals surface area (Å²) in [6, 6.07) is 0. The summed E-state index contributed by atoms with van der Waals surface area (Å²) in [5, 5.41) is 0. The fraction of sp³-hybridized carbons (Fsp3) is 1.00. The molecule has 8 aliphatic rings. The Morgan fingerprint density at radius 1 is 0.161 bits per heavy atom. The first-order valence-corrected chi connectivity index (χ1v) is 24.5. The third-order valence-corrected chi connectivity index (χ3v) is 25.8. The summed E-state index contributed by atoms with van der Waals surface area (Å²) in [7, 11) is 0. The van der Waals surface area contributed by atoms with E-state index in [1.54, 1.807) is 0 Å². The van der Waals surface area contributed by atoms with E-state index in [1.807, 2.05) is 0 Å². The summed E-state index contributed by atoms with van der Waals surface area (Å²) >= 11 is 0. The minimum Gasteiger partial charge on any atom is -0.0622 e. The number of hydrogen-bond donors (Lipinski definition) is 0. The van der Waals surface area contributed by atoms with Crippen LogP contribution in [-0.4, -0.2) is 0 Å². The van der Waals surface area contributed by atoms with Crippen LogP contribution in [0.3, 0.4) is 0 Å². The van der Waals surface area contributed by atoms with E-state index in [-0.39, 0.29) is 86.6 Å². The molecule has 8 aliphatic carbocycles. The zero-order chi connectivity index (χ0) is 44.6. The topological polar surface area (TPSA) is 0 Å². The Labute approximate surface area is 354 Å². The van der Waals surface area contributed by atoms with Crippen molar-refractivity contribution in [1.82, 2.24) is 0 Å². The summed E-state index contributed by atoms with van der Waals surface area (Å²) < 4.78 is 0. The van der Waals surface area contributed by atoms with Gasteiger partial charge in [-0.2, -0.15) is 0 Å². The molecular weight excluding hydrogens is 673 g/mol. The lowest BCUT2D eigenvalue weighted by atomic mass is 9.18. The molecule has 4 bridgehead atoms. The highest BCUT2D eigenvalue weighted by Gasteiger charge is 3.42. The molecule has 0 heterocycles. The molecule has 328 valence electrons. The molecule has 0 aromatic carbocycles. The van der Waals surface area contributed by atoms with Crippen LogP contribution in [0.15, 0.2) is 0 Å². The predicted octanol–water partition coefficient (Wildman–Crippen LogP) is 17.4. The lowest BCUT2D eigenvalue weighted by Crippen LogP contribution is -2.83. The summed E-state index contributed by atoms with van der Waals surface area (Å²) in [6.45, 7) is 88.3. The van der Waals surface area contributed by atoms with Gasteiger partial charge in [-0.3, -0.25) is 0 Å². The van der Waals surface area contributed by atoms with E-state index in [4.69, 9.17) is 0 Å². The molecule has 8 rings (SSSR count). The average Bonchev–Trinajstić information content (AvgIpc) is 3.93. The summed E-state index contributed by atoms with van der Waals surface area (Å²) in [5.74, 6) is 4.47. The Morgan fingerprint density at radius 2 is 0.214 bits per heavy atom. The molecule has 0 nitrogen and oxygen atoms in total. The smallest absolute Gasteiger partial charge is 0.00231 e. The third-order valence-electron chi connectivity index (χ3n) is 25.8. The molecular formula is C56H104. The largest absolute Gasteiger partial charge is 0.0622 e. The molecule has 0 saturated heterocycles. The highest BCUT2D eigenvalue weighted by Crippen LogP contribution is 3.43. The summed E-state index contributed by atoms with van der Waals surface area (Å²) in [4.78, 5) is 0. The minimum absolute atomic E-state index is 0.0930. The van der Waals surface area contributed by atoms with Gasteiger partial charge in [-0.15, -0.1) is 0 Å². The fourth-order valence-electron chi connectivity index (χ4n) is 20.6. The SMILES string of the molecule is CC(C)C(C)(C)C12C3(C(C)(C)C(C)C)C1(C(C)(C)C(C)C)C1(C(C)(C)C(C)C)C4(C(C)(C)C(C)C)C1(C(C)(C)C(C)C)C4(C(C)(C)C(C)C)C23C(C)(C)C(C)C. The van der Waals surface area contributed by atoms with Crippen molar-refractivity contribution in [1.29, 1.82) is 0 Å². The maximum Gasteiger partial charge on any atom is -0.00231 e. The van der Waals surface area contributed by atoms with Gasteiger partial charge in [0.05, 0.1) is 0 Å². The molecule has 0 heteroatoms. The molecule has 0 aliphatic heterocycles. The summed E-state index contributed by atoms with van der Waals surface area (Å²) in [6.07, 6.45) is 0. The Morgan fingerprint density at radius 3 is 0.250 bits per heavy atom. The highest BCUT2D eigenvalue weighted by atomic mass is 15.4. The Balaban J connectivity index is 2.44. The van der Waals surface area contributed by atoms with Crippen molar-refractivity contribution < 1.29 is 0 Å². The summed E-state index contributed by atoms with van der Waals surface area (Å²) in [5.41, 5.74) is 1.85. The van der Waals surface area contributed by atoms with Gasteiger partial charge in [0.1, 0.15) is 0 Å². The molecule has 0 radical (unpaired) electrons. The van der Waals surface area contributed by atoms with Crippen molar-refractivity contribution in [2.45, 2.75) is 222 Å². The van der Waals surface area contributed by atoms with E-state index in [1.165, 1.54) is 0 Å².